The van der Waals surface area contributed by atoms with E-state index in [1.165, 1.54) is 18.2 Å². The van der Waals surface area contributed by atoms with Gasteiger partial charge in [0.15, 0.2) is 0 Å². The van der Waals surface area contributed by atoms with Gasteiger partial charge in [-0.2, -0.15) is 0 Å². The van der Waals surface area contributed by atoms with Crippen LogP contribution in [0.15, 0.2) is 24.3 Å². The van der Waals surface area contributed by atoms with Crippen LogP contribution in [0.5, 0.6) is 0 Å². The average Bonchev–Trinajstić information content (AvgIpc) is 2.84. The highest BCUT2D eigenvalue weighted by atomic mass is 16.5. The summed E-state index contributed by atoms with van der Waals surface area (Å²) in [5.41, 5.74) is 2.54. The fourth-order valence-electron chi connectivity index (χ4n) is 2.71. The van der Waals surface area contributed by atoms with Crippen LogP contribution in [0.1, 0.15) is 30.4 Å². The van der Waals surface area contributed by atoms with Gasteiger partial charge in [-0.05, 0) is 25.3 Å². The lowest BCUT2D eigenvalue weighted by atomic mass is 10.0. The molecular weight excluding hydrogens is 226 g/mol. The van der Waals surface area contributed by atoms with Crippen molar-refractivity contribution in [2.45, 2.75) is 38.8 Å². The maximum atomic E-state index is 11.6. The van der Waals surface area contributed by atoms with E-state index in [0.717, 1.165) is 25.8 Å². The lowest BCUT2D eigenvalue weighted by molar-refractivity contribution is -0.145. The third-order valence-corrected chi connectivity index (χ3v) is 3.67. The Morgan fingerprint density at radius 1 is 1.44 bits per heavy atom. The molecule has 0 aromatic heterocycles. The number of methoxy groups -OCH3 is 1. The summed E-state index contributed by atoms with van der Waals surface area (Å²) in [7, 11) is 1.47. The van der Waals surface area contributed by atoms with Crippen molar-refractivity contribution in [3.63, 3.8) is 0 Å². The Morgan fingerprint density at radius 2 is 2.28 bits per heavy atom. The van der Waals surface area contributed by atoms with Crippen LogP contribution in [-0.2, 0) is 16.1 Å². The molecule has 1 saturated carbocycles. The highest BCUT2D eigenvalue weighted by Gasteiger charge is 2.33. The molecule has 1 fully saturated rings. The van der Waals surface area contributed by atoms with Crippen molar-refractivity contribution in [3.05, 3.63) is 35.4 Å². The first-order valence-electron chi connectivity index (χ1n) is 6.57. The number of aryl methyl sites for hydroxylation is 1. The number of rotatable bonds is 4. The van der Waals surface area contributed by atoms with E-state index >= 15 is 0 Å². The van der Waals surface area contributed by atoms with Crippen LogP contribution in [0.3, 0.4) is 0 Å². The van der Waals surface area contributed by atoms with Crippen LogP contribution in [0.2, 0.25) is 0 Å². The fourth-order valence-corrected chi connectivity index (χ4v) is 2.71. The third kappa shape index (κ3) is 3.10. The SMILES string of the molecule is COC(=O)[C@@H]1CCC[C@@H]1NCc1cccc(C)c1. The monoisotopic (exact) mass is 247 g/mol. The van der Waals surface area contributed by atoms with Crippen LogP contribution in [0.4, 0.5) is 0 Å². The second kappa shape index (κ2) is 6.01. The summed E-state index contributed by atoms with van der Waals surface area (Å²) in [5.74, 6) is -0.0472. The number of carbonyl (C=O) groups excluding carboxylic acids is 1. The zero-order chi connectivity index (χ0) is 13.0. The van der Waals surface area contributed by atoms with Crippen molar-refractivity contribution in [2.75, 3.05) is 7.11 Å². The highest BCUT2D eigenvalue weighted by molar-refractivity contribution is 5.73. The molecule has 0 radical (unpaired) electrons. The predicted molar refractivity (Wildman–Crippen MR) is 71.2 cm³/mol. The molecule has 3 nitrogen and oxygen atoms in total. The molecule has 0 amide bonds. The van der Waals surface area contributed by atoms with Gasteiger partial charge >= 0.3 is 5.97 Å². The first-order valence-corrected chi connectivity index (χ1v) is 6.57. The molecule has 0 saturated heterocycles. The maximum Gasteiger partial charge on any atom is 0.310 e. The molecule has 0 aliphatic heterocycles. The number of nitrogens with one attached hydrogen (secondary N) is 1. The van der Waals surface area contributed by atoms with Crippen molar-refractivity contribution in [1.29, 1.82) is 0 Å². The molecule has 1 aromatic rings. The first-order chi connectivity index (χ1) is 8.70. The summed E-state index contributed by atoms with van der Waals surface area (Å²) in [5, 5.41) is 3.49. The topological polar surface area (TPSA) is 38.3 Å². The van der Waals surface area contributed by atoms with Gasteiger partial charge in [-0.25, -0.2) is 0 Å². The van der Waals surface area contributed by atoms with E-state index < -0.39 is 0 Å². The van der Waals surface area contributed by atoms with Crippen molar-refractivity contribution in [2.24, 2.45) is 5.92 Å². The van der Waals surface area contributed by atoms with E-state index in [0.29, 0.717) is 0 Å². The van der Waals surface area contributed by atoms with Gasteiger partial charge in [-0.1, -0.05) is 36.2 Å². The molecule has 0 bridgehead atoms. The smallest absolute Gasteiger partial charge is 0.310 e. The molecule has 18 heavy (non-hydrogen) atoms. The van der Waals surface area contributed by atoms with Crippen molar-refractivity contribution in [1.82, 2.24) is 5.32 Å². The van der Waals surface area contributed by atoms with Gasteiger partial charge in [0.05, 0.1) is 13.0 Å². The van der Waals surface area contributed by atoms with Crippen LogP contribution < -0.4 is 5.32 Å². The molecule has 1 aliphatic carbocycles. The Labute approximate surface area is 109 Å². The summed E-state index contributed by atoms with van der Waals surface area (Å²) in [6.07, 6.45) is 3.11. The summed E-state index contributed by atoms with van der Waals surface area (Å²) in [6, 6.07) is 8.71. The molecular formula is C15H21NO2. The number of carbonyl (C=O) groups is 1. The summed E-state index contributed by atoms with van der Waals surface area (Å²) >= 11 is 0. The van der Waals surface area contributed by atoms with Gasteiger partial charge in [-0.15, -0.1) is 0 Å². The molecule has 2 rings (SSSR count). The summed E-state index contributed by atoms with van der Waals surface area (Å²) in [4.78, 5) is 11.6. The zero-order valence-corrected chi connectivity index (χ0v) is 11.1. The minimum absolute atomic E-state index is 0.0276. The van der Waals surface area contributed by atoms with Crippen LogP contribution >= 0.6 is 0 Å². The molecule has 0 spiro atoms. The van der Waals surface area contributed by atoms with Gasteiger partial charge in [0.1, 0.15) is 0 Å². The van der Waals surface area contributed by atoms with Crippen molar-refractivity contribution in [3.8, 4) is 0 Å². The van der Waals surface area contributed by atoms with Gasteiger partial charge < -0.3 is 10.1 Å². The average molecular weight is 247 g/mol. The lowest BCUT2D eigenvalue weighted by Gasteiger charge is -2.19. The van der Waals surface area contributed by atoms with Crippen molar-refractivity contribution >= 4 is 5.97 Å². The molecule has 3 heteroatoms. The number of hydrogen-bond acceptors (Lipinski definition) is 3. The van der Waals surface area contributed by atoms with E-state index in [9.17, 15) is 4.79 Å². The molecule has 98 valence electrons. The van der Waals surface area contributed by atoms with E-state index in [4.69, 9.17) is 4.74 Å². The number of ether oxygens (including phenoxy) is 1. The van der Waals surface area contributed by atoms with Crippen molar-refractivity contribution < 1.29 is 9.53 Å². The summed E-state index contributed by atoms with van der Waals surface area (Å²) < 4.78 is 4.86. The lowest BCUT2D eigenvalue weighted by Crippen LogP contribution is -2.36. The van der Waals surface area contributed by atoms with E-state index in [2.05, 4.69) is 36.5 Å². The van der Waals surface area contributed by atoms with Gasteiger partial charge in [-0.3, -0.25) is 4.79 Å². The predicted octanol–water partition coefficient (Wildman–Crippen LogP) is 2.43. The Bertz CT molecular complexity index is 417. The second-order valence-corrected chi connectivity index (χ2v) is 5.04. The van der Waals surface area contributed by atoms with E-state index in [-0.39, 0.29) is 17.9 Å². The van der Waals surface area contributed by atoms with Crippen LogP contribution in [0.25, 0.3) is 0 Å². The van der Waals surface area contributed by atoms with Crippen LogP contribution in [-0.4, -0.2) is 19.1 Å². The minimum Gasteiger partial charge on any atom is -0.469 e. The molecule has 1 N–H and O–H groups in total. The molecule has 0 heterocycles. The Morgan fingerprint density at radius 3 is 3.00 bits per heavy atom. The standard InChI is InChI=1S/C15H21NO2/c1-11-5-3-6-12(9-11)10-16-14-8-4-7-13(14)15(17)18-2/h3,5-6,9,13-14,16H,4,7-8,10H2,1-2H3/t13-,14+/m1/s1. The Kier molecular flexibility index (Phi) is 4.37. The molecule has 2 atom stereocenters. The molecule has 1 aromatic carbocycles. The van der Waals surface area contributed by atoms with Crippen LogP contribution in [0, 0.1) is 12.8 Å². The largest absolute Gasteiger partial charge is 0.469 e. The van der Waals surface area contributed by atoms with E-state index in [1.54, 1.807) is 0 Å². The third-order valence-electron chi connectivity index (χ3n) is 3.67. The maximum absolute atomic E-state index is 11.6. The number of esters is 1. The molecule has 0 unspecified atom stereocenters. The quantitative estimate of drug-likeness (QED) is 0.830. The fraction of sp³-hybridized carbons (Fsp3) is 0.533. The first kappa shape index (κ1) is 13.1. The number of benzene rings is 1. The van der Waals surface area contributed by atoms with Gasteiger partial charge in [0, 0.05) is 12.6 Å². The Hall–Kier alpha value is -1.35. The van der Waals surface area contributed by atoms with E-state index in [1.807, 2.05) is 0 Å². The van der Waals surface area contributed by atoms with Gasteiger partial charge in [0.2, 0.25) is 0 Å². The number of hydrogen-bond donors (Lipinski definition) is 1. The minimum atomic E-state index is -0.0748. The zero-order valence-electron chi connectivity index (χ0n) is 11.1. The normalized spacial score (nSPS) is 23.0. The second-order valence-electron chi connectivity index (χ2n) is 5.04. The molecule has 1 aliphatic rings. The van der Waals surface area contributed by atoms with Gasteiger partial charge in [0.25, 0.3) is 0 Å². The highest BCUT2D eigenvalue weighted by Crippen LogP contribution is 2.27. The summed E-state index contributed by atoms with van der Waals surface area (Å²) in [6.45, 7) is 2.91. The Balaban J connectivity index is 1.91.